The molecule has 21 heavy (non-hydrogen) atoms. The lowest BCUT2D eigenvalue weighted by atomic mass is 10.0. The van der Waals surface area contributed by atoms with E-state index in [1.807, 2.05) is 25.1 Å². The average molecular weight is 305 g/mol. The van der Waals surface area contributed by atoms with Gasteiger partial charge in [-0.05, 0) is 12.0 Å². The lowest BCUT2D eigenvalue weighted by Gasteiger charge is -2.20. The minimum atomic E-state index is -0.847. The minimum absolute atomic E-state index is 0.00687. The van der Waals surface area contributed by atoms with E-state index >= 15 is 0 Å². The number of hydrogen-bond acceptors (Lipinski definition) is 4. The van der Waals surface area contributed by atoms with E-state index in [2.05, 4.69) is 33.8 Å². The van der Waals surface area contributed by atoms with Crippen LogP contribution >= 0.6 is 11.8 Å². The third-order valence-electron chi connectivity index (χ3n) is 3.26. The number of carboxylic acid groups (broad SMARTS) is 1. The first-order chi connectivity index (χ1) is 10.2. The molecule has 1 aromatic heterocycles. The zero-order valence-corrected chi connectivity index (χ0v) is 13.0. The summed E-state index contributed by atoms with van der Waals surface area (Å²) in [4.78, 5) is 10.8. The summed E-state index contributed by atoms with van der Waals surface area (Å²) >= 11 is 1.22. The van der Waals surface area contributed by atoms with Gasteiger partial charge < -0.3 is 5.11 Å². The first-order valence-electron chi connectivity index (χ1n) is 7.00. The van der Waals surface area contributed by atoms with Gasteiger partial charge in [0, 0.05) is 6.42 Å². The molecule has 0 bridgehead atoms. The van der Waals surface area contributed by atoms with Gasteiger partial charge in [0.15, 0.2) is 5.16 Å². The van der Waals surface area contributed by atoms with Gasteiger partial charge in [0.1, 0.15) is 5.82 Å². The maximum atomic E-state index is 10.8. The molecule has 1 heterocycles. The highest BCUT2D eigenvalue weighted by Crippen LogP contribution is 2.29. The summed E-state index contributed by atoms with van der Waals surface area (Å²) in [5.41, 5.74) is 1.19. The molecule has 6 heteroatoms. The third-order valence-corrected chi connectivity index (χ3v) is 4.19. The highest BCUT2D eigenvalue weighted by atomic mass is 32.2. The summed E-state index contributed by atoms with van der Waals surface area (Å²) < 4.78 is 2.07. The predicted molar refractivity (Wildman–Crippen MR) is 82.6 cm³/mol. The van der Waals surface area contributed by atoms with E-state index in [0.29, 0.717) is 5.16 Å². The molecule has 1 atom stereocenters. The van der Waals surface area contributed by atoms with Gasteiger partial charge in [-0.2, -0.15) is 0 Å². The van der Waals surface area contributed by atoms with E-state index in [1.165, 1.54) is 17.3 Å². The molecule has 112 valence electrons. The lowest BCUT2D eigenvalue weighted by Crippen LogP contribution is -2.14. The fraction of sp³-hybridized carbons (Fsp3) is 0.400. The van der Waals surface area contributed by atoms with Crippen LogP contribution in [-0.2, 0) is 11.2 Å². The Morgan fingerprint density at radius 3 is 2.57 bits per heavy atom. The Morgan fingerprint density at radius 1 is 1.29 bits per heavy atom. The number of hydrogen-bond donors (Lipinski definition) is 1. The molecule has 5 nitrogen and oxygen atoms in total. The van der Waals surface area contributed by atoms with Gasteiger partial charge in [0.25, 0.3) is 0 Å². The SMILES string of the molecule is CCc1nnc(SCC(=O)O)n1C(CC)c1ccccc1. The minimum Gasteiger partial charge on any atom is -0.481 e. The second-order valence-corrected chi connectivity index (χ2v) is 5.58. The van der Waals surface area contributed by atoms with Crippen LogP contribution in [0.5, 0.6) is 0 Å². The number of aryl methyl sites for hydroxylation is 1. The van der Waals surface area contributed by atoms with E-state index in [-0.39, 0.29) is 11.8 Å². The van der Waals surface area contributed by atoms with Gasteiger partial charge in [0.05, 0.1) is 11.8 Å². The zero-order valence-electron chi connectivity index (χ0n) is 12.2. The number of aromatic nitrogens is 3. The van der Waals surface area contributed by atoms with E-state index < -0.39 is 5.97 Å². The molecule has 0 fully saturated rings. The maximum absolute atomic E-state index is 10.8. The van der Waals surface area contributed by atoms with Crippen molar-refractivity contribution in [2.24, 2.45) is 0 Å². The van der Waals surface area contributed by atoms with E-state index in [4.69, 9.17) is 5.11 Å². The Labute approximate surface area is 128 Å². The Kier molecular flexibility index (Phi) is 5.38. The molecule has 0 aliphatic carbocycles. The fourth-order valence-electron chi connectivity index (χ4n) is 2.33. The highest BCUT2D eigenvalue weighted by Gasteiger charge is 2.20. The molecular formula is C15H19N3O2S. The smallest absolute Gasteiger partial charge is 0.313 e. The first kappa shape index (κ1) is 15.6. The molecule has 2 rings (SSSR count). The summed E-state index contributed by atoms with van der Waals surface area (Å²) in [6, 6.07) is 10.3. The fourth-order valence-corrected chi connectivity index (χ4v) is 3.05. The van der Waals surface area contributed by atoms with Crippen LogP contribution < -0.4 is 0 Å². The molecule has 0 aliphatic rings. The van der Waals surface area contributed by atoms with Crippen LogP contribution in [-0.4, -0.2) is 31.6 Å². The molecule has 0 saturated heterocycles. The van der Waals surface area contributed by atoms with Crippen molar-refractivity contribution in [2.45, 2.75) is 37.9 Å². The summed E-state index contributed by atoms with van der Waals surface area (Å²) in [6.45, 7) is 4.15. The molecular weight excluding hydrogens is 286 g/mol. The van der Waals surface area contributed by atoms with Crippen LogP contribution in [0.4, 0.5) is 0 Å². The Hall–Kier alpha value is -1.82. The van der Waals surface area contributed by atoms with Crippen molar-refractivity contribution in [3.63, 3.8) is 0 Å². The second-order valence-electron chi connectivity index (χ2n) is 4.64. The Morgan fingerprint density at radius 2 is 2.00 bits per heavy atom. The molecule has 1 N–H and O–H groups in total. The van der Waals surface area contributed by atoms with Crippen LogP contribution in [0.2, 0.25) is 0 Å². The van der Waals surface area contributed by atoms with Crippen LogP contribution in [0.15, 0.2) is 35.5 Å². The normalized spacial score (nSPS) is 12.3. The predicted octanol–water partition coefficient (Wildman–Crippen LogP) is 3.02. The number of benzene rings is 1. The van der Waals surface area contributed by atoms with Crippen molar-refractivity contribution >= 4 is 17.7 Å². The zero-order chi connectivity index (χ0) is 15.2. The van der Waals surface area contributed by atoms with Crippen molar-refractivity contribution < 1.29 is 9.90 Å². The van der Waals surface area contributed by atoms with Crippen LogP contribution in [0.3, 0.4) is 0 Å². The lowest BCUT2D eigenvalue weighted by molar-refractivity contribution is -0.133. The van der Waals surface area contributed by atoms with Gasteiger partial charge >= 0.3 is 5.97 Å². The van der Waals surface area contributed by atoms with Crippen molar-refractivity contribution in [3.05, 3.63) is 41.7 Å². The van der Waals surface area contributed by atoms with Crippen molar-refractivity contribution in [1.29, 1.82) is 0 Å². The van der Waals surface area contributed by atoms with E-state index in [1.54, 1.807) is 0 Å². The number of carboxylic acids is 1. The van der Waals surface area contributed by atoms with Gasteiger partial charge in [-0.3, -0.25) is 9.36 Å². The molecule has 1 aromatic carbocycles. The quantitative estimate of drug-likeness (QED) is 0.796. The number of carbonyl (C=O) groups is 1. The molecule has 0 aliphatic heterocycles. The van der Waals surface area contributed by atoms with Crippen molar-refractivity contribution in [1.82, 2.24) is 14.8 Å². The summed E-state index contributed by atoms with van der Waals surface area (Å²) in [7, 11) is 0. The molecule has 0 radical (unpaired) electrons. The summed E-state index contributed by atoms with van der Waals surface area (Å²) in [6.07, 6.45) is 1.67. The summed E-state index contributed by atoms with van der Waals surface area (Å²) in [5.74, 6) is 0.0338. The Balaban J connectivity index is 2.39. The molecule has 1 unspecified atom stereocenters. The van der Waals surface area contributed by atoms with Crippen LogP contribution in [0, 0.1) is 0 Å². The van der Waals surface area contributed by atoms with Gasteiger partial charge in [-0.1, -0.05) is 55.9 Å². The maximum Gasteiger partial charge on any atom is 0.313 e. The van der Waals surface area contributed by atoms with Crippen LogP contribution in [0.25, 0.3) is 0 Å². The van der Waals surface area contributed by atoms with Gasteiger partial charge in [0.2, 0.25) is 0 Å². The molecule has 2 aromatic rings. The highest BCUT2D eigenvalue weighted by molar-refractivity contribution is 7.99. The van der Waals surface area contributed by atoms with Crippen molar-refractivity contribution in [3.8, 4) is 0 Å². The average Bonchev–Trinajstić information content (AvgIpc) is 2.90. The topological polar surface area (TPSA) is 68.0 Å². The van der Waals surface area contributed by atoms with Crippen LogP contribution in [0.1, 0.15) is 37.7 Å². The first-order valence-corrected chi connectivity index (χ1v) is 7.99. The van der Waals surface area contributed by atoms with Crippen molar-refractivity contribution in [2.75, 3.05) is 5.75 Å². The van der Waals surface area contributed by atoms with E-state index in [9.17, 15) is 4.79 Å². The largest absolute Gasteiger partial charge is 0.481 e. The number of nitrogens with zero attached hydrogens (tertiary/aromatic N) is 3. The van der Waals surface area contributed by atoms with Gasteiger partial charge in [-0.15, -0.1) is 10.2 Å². The monoisotopic (exact) mass is 305 g/mol. The second kappa shape index (κ2) is 7.26. The molecule has 0 amide bonds. The summed E-state index contributed by atoms with van der Waals surface area (Å²) in [5, 5.41) is 17.9. The molecule has 0 spiro atoms. The van der Waals surface area contributed by atoms with Gasteiger partial charge in [-0.25, -0.2) is 0 Å². The third kappa shape index (κ3) is 3.64. The number of rotatable bonds is 7. The van der Waals surface area contributed by atoms with E-state index in [0.717, 1.165) is 18.7 Å². The number of aliphatic carboxylic acids is 1. The molecule has 0 saturated carbocycles. The Bertz CT molecular complexity index is 598. The standard InChI is InChI=1S/C15H19N3O2S/c1-3-12(11-8-6-5-7-9-11)18-13(4-2)16-17-15(18)21-10-14(19)20/h5-9,12H,3-4,10H2,1-2H3,(H,19,20). The number of thioether (sulfide) groups is 1.